The third-order valence-electron chi connectivity index (χ3n) is 4.16. The van der Waals surface area contributed by atoms with Gasteiger partial charge in [0, 0.05) is 19.0 Å². The molecule has 1 saturated heterocycles. The normalized spacial score (nSPS) is 20.9. The number of amides is 1. The number of nitrogens with zero attached hydrogens (tertiary/aromatic N) is 2. The van der Waals surface area contributed by atoms with Crippen molar-refractivity contribution in [2.24, 2.45) is 0 Å². The van der Waals surface area contributed by atoms with Crippen LogP contribution in [0.25, 0.3) is 0 Å². The zero-order valence-electron chi connectivity index (χ0n) is 11.3. The van der Waals surface area contributed by atoms with E-state index in [1.54, 1.807) is 0 Å². The van der Waals surface area contributed by atoms with E-state index in [-0.39, 0.29) is 5.91 Å². The molecule has 3 rings (SSSR count). The Morgan fingerprint density at radius 1 is 1.16 bits per heavy atom. The van der Waals surface area contributed by atoms with Crippen LogP contribution < -0.4 is 5.73 Å². The number of hydrogen-bond acceptors (Lipinski definition) is 3. The van der Waals surface area contributed by atoms with Gasteiger partial charge in [0.05, 0.1) is 11.4 Å². The smallest absolute Gasteiger partial charge is 0.276 e. The zero-order chi connectivity index (χ0) is 13.2. The summed E-state index contributed by atoms with van der Waals surface area (Å²) >= 11 is 0. The monoisotopic (exact) mass is 262 g/mol. The summed E-state index contributed by atoms with van der Waals surface area (Å²) in [6.45, 7) is 1.67. The number of aromatic amines is 1. The van der Waals surface area contributed by atoms with Crippen LogP contribution in [0, 0.1) is 0 Å². The van der Waals surface area contributed by atoms with E-state index in [0.29, 0.717) is 17.3 Å². The van der Waals surface area contributed by atoms with E-state index < -0.39 is 0 Å². The number of hydrogen-bond donors (Lipinski definition) is 2. The first-order valence-corrected chi connectivity index (χ1v) is 7.40. The molecule has 3 N–H and O–H groups in total. The van der Waals surface area contributed by atoms with Crippen LogP contribution >= 0.6 is 0 Å². The van der Waals surface area contributed by atoms with Crippen molar-refractivity contribution in [2.45, 2.75) is 50.9 Å². The Balaban J connectivity index is 1.74. The second-order valence-corrected chi connectivity index (χ2v) is 5.73. The largest absolute Gasteiger partial charge is 0.395 e. The van der Waals surface area contributed by atoms with Crippen molar-refractivity contribution in [2.75, 3.05) is 18.8 Å². The van der Waals surface area contributed by atoms with E-state index in [1.807, 2.05) is 4.90 Å². The van der Waals surface area contributed by atoms with Crippen molar-refractivity contribution in [3.8, 4) is 0 Å². The lowest BCUT2D eigenvalue weighted by molar-refractivity contribution is 0.0737. The lowest BCUT2D eigenvalue weighted by Gasteiger charge is -2.24. The minimum atomic E-state index is 0.00236. The molecule has 0 spiro atoms. The first-order valence-electron chi connectivity index (χ1n) is 7.40. The number of anilines is 1. The Labute approximate surface area is 113 Å². The summed E-state index contributed by atoms with van der Waals surface area (Å²) in [4.78, 5) is 14.4. The number of H-pyrrole nitrogens is 1. The lowest BCUT2D eigenvalue weighted by Crippen LogP contribution is -2.34. The Bertz CT molecular complexity index is 456. The highest BCUT2D eigenvalue weighted by Gasteiger charge is 2.31. The fourth-order valence-electron chi connectivity index (χ4n) is 2.81. The third-order valence-corrected chi connectivity index (χ3v) is 4.16. The molecular formula is C14H22N4O. The van der Waals surface area contributed by atoms with Crippen molar-refractivity contribution in [1.82, 2.24) is 15.1 Å². The van der Waals surface area contributed by atoms with E-state index in [2.05, 4.69) is 10.2 Å². The number of carbonyl (C=O) groups excluding carboxylic acids is 1. The van der Waals surface area contributed by atoms with Gasteiger partial charge in [-0.2, -0.15) is 5.10 Å². The van der Waals surface area contributed by atoms with Gasteiger partial charge in [-0.25, -0.2) is 0 Å². The Morgan fingerprint density at radius 3 is 2.42 bits per heavy atom. The van der Waals surface area contributed by atoms with Crippen LogP contribution in [0.2, 0.25) is 0 Å². The quantitative estimate of drug-likeness (QED) is 0.858. The second-order valence-electron chi connectivity index (χ2n) is 5.73. The van der Waals surface area contributed by atoms with Crippen molar-refractivity contribution in [3.05, 3.63) is 11.4 Å². The maximum absolute atomic E-state index is 12.5. The van der Waals surface area contributed by atoms with Crippen molar-refractivity contribution >= 4 is 11.6 Å². The number of nitrogen functional groups attached to an aromatic ring is 1. The van der Waals surface area contributed by atoms with E-state index in [0.717, 1.165) is 44.5 Å². The van der Waals surface area contributed by atoms with Crippen molar-refractivity contribution in [3.63, 3.8) is 0 Å². The molecule has 0 unspecified atom stereocenters. The molecule has 19 heavy (non-hydrogen) atoms. The summed E-state index contributed by atoms with van der Waals surface area (Å²) in [5, 5.41) is 7.13. The van der Waals surface area contributed by atoms with E-state index in [9.17, 15) is 4.79 Å². The Kier molecular flexibility index (Phi) is 3.44. The molecule has 2 fully saturated rings. The van der Waals surface area contributed by atoms with Crippen LogP contribution in [-0.2, 0) is 0 Å². The zero-order valence-corrected chi connectivity index (χ0v) is 11.3. The average Bonchev–Trinajstić information content (AvgIpc) is 3.12. The number of nitrogens with two attached hydrogens (primary N) is 1. The fourth-order valence-corrected chi connectivity index (χ4v) is 2.81. The maximum atomic E-state index is 12.5. The summed E-state index contributed by atoms with van der Waals surface area (Å²) in [7, 11) is 0. The fraction of sp³-hybridized carbons (Fsp3) is 0.714. The molecule has 1 aromatic heterocycles. The van der Waals surface area contributed by atoms with Gasteiger partial charge in [-0.15, -0.1) is 0 Å². The molecule has 5 nitrogen and oxygen atoms in total. The molecule has 0 radical (unpaired) electrons. The highest BCUT2D eigenvalue weighted by Crippen LogP contribution is 2.42. The summed E-state index contributed by atoms with van der Waals surface area (Å²) in [6, 6.07) is 0. The summed E-state index contributed by atoms with van der Waals surface area (Å²) in [5.74, 6) is 0.504. The van der Waals surface area contributed by atoms with E-state index >= 15 is 0 Å². The number of aromatic nitrogens is 2. The molecule has 1 saturated carbocycles. The molecule has 0 aromatic carbocycles. The first-order chi connectivity index (χ1) is 9.27. The molecule has 0 bridgehead atoms. The van der Waals surface area contributed by atoms with Crippen LogP contribution in [-0.4, -0.2) is 34.1 Å². The maximum Gasteiger partial charge on any atom is 0.276 e. The minimum absolute atomic E-state index is 0.00236. The van der Waals surface area contributed by atoms with Crippen LogP contribution in [0.1, 0.15) is 67.0 Å². The van der Waals surface area contributed by atoms with Gasteiger partial charge in [0.15, 0.2) is 5.69 Å². The van der Waals surface area contributed by atoms with Crippen LogP contribution in [0.3, 0.4) is 0 Å². The lowest BCUT2D eigenvalue weighted by atomic mass is 10.1. The molecule has 1 aliphatic heterocycles. The predicted octanol–water partition coefficient (Wildman–Crippen LogP) is 2.28. The van der Waals surface area contributed by atoms with Gasteiger partial charge in [-0.3, -0.25) is 9.89 Å². The summed E-state index contributed by atoms with van der Waals surface area (Å²) in [6.07, 6.45) is 8.21. The van der Waals surface area contributed by atoms with E-state index in [1.165, 1.54) is 19.3 Å². The van der Waals surface area contributed by atoms with E-state index in [4.69, 9.17) is 5.73 Å². The molecule has 2 heterocycles. The highest BCUT2D eigenvalue weighted by molar-refractivity contribution is 5.97. The summed E-state index contributed by atoms with van der Waals surface area (Å²) < 4.78 is 0. The molecule has 5 heteroatoms. The van der Waals surface area contributed by atoms with Gasteiger partial charge in [0.25, 0.3) is 5.91 Å². The van der Waals surface area contributed by atoms with Crippen LogP contribution in [0.4, 0.5) is 5.69 Å². The molecule has 1 aliphatic carbocycles. The second kappa shape index (κ2) is 5.23. The van der Waals surface area contributed by atoms with Crippen LogP contribution in [0.15, 0.2) is 0 Å². The number of carbonyl (C=O) groups is 1. The summed E-state index contributed by atoms with van der Waals surface area (Å²) in [5.41, 5.74) is 8.06. The minimum Gasteiger partial charge on any atom is -0.395 e. The highest BCUT2D eigenvalue weighted by atomic mass is 16.2. The van der Waals surface area contributed by atoms with Gasteiger partial charge in [-0.05, 0) is 25.7 Å². The van der Waals surface area contributed by atoms with Gasteiger partial charge in [0.1, 0.15) is 0 Å². The first kappa shape index (κ1) is 12.5. The number of nitrogens with one attached hydrogen (secondary N) is 1. The van der Waals surface area contributed by atoms with Gasteiger partial charge < -0.3 is 10.6 Å². The topological polar surface area (TPSA) is 75.0 Å². The van der Waals surface area contributed by atoms with Gasteiger partial charge in [0.2, 0.25) is 0 Å². The SMILES string of the molecule is Nc1c(C(=O)N2CCCCCCC2)n[nH]c1C1CC1. The molecule has 1 amide bonds. The van der Waals surface area contributed by atoms with Crippen molar-refractivity contribution in [1.29, 1.82) is 0 Å². The molecule has 2 aliphatic rings. The number of likely N-dealkylation sites (tertiary alicyclic amines) is 1. The molecule has 1 aromatic rings. The predicted molar refractivity (Wildman–Crippen MR) is 74.0 cm³/mol. The molecule has 0 atom stereocenters. The van der Waals surface area contributed by atoms with Gasteiger partial charge >= 0.3 is 0 Å². The third kappa shape index (κ3) is 2.60. The Hall–Kier alpha value is -1.52. The average molecular weight is 262 g/mol. The van der Waals surface area contributed by atoms with Crippen LogP contribution in [0.5, 0.6) is 0 Å². The van der Waals surface area contributed by atoms with Gasteiger partial charge in [-0.1, -0.05) is 19.3 Å². The number of rotatable bonds is 2. The Morgan fingerprint density at radius 2 is 1.79 bits per heavy atom. The molecule has 104 valence electrons. The van der Waals surface area contributed by atoms with Crippen molar-refractivity contribution < 1.29 is 4.79 Å². The molecular weight excluding hydrogens is 240 g/mol. The standard InChI is InChI=1S/C14H22N4O/c15-11-12(10-6-7-10)16-17-13(11)14(19)18-8-4-2-1-3-5-9-18/h10H,1-9,15H2,(H,16,17).